The molecule has 0 aliphatic carbocycles. The molecule has 0 aromatic carbocycles. The van der Waals surface area contributed by atoms with Crippen molar-refractivity contribution in [3.63, 3.8) is 0 Å². The van der Waals surface area contributed by atoms with Gasteiger partial charge in [0.2, 0.25) is 0 Å². The minimum Gasteiger partial charge on any atom is -0.367 e. The molecule has 0 aliphatic rings. The Labute approximate surface area is 73.5 Å². The van der Waals surface area contributed by atoms with Gasteiger partial charge in [-0.3, -0.25) is 0 Å². The number of rotatable bonds is 4. The van der Waals surface area contributed by atoms with E-state index in [2.05, 4.69) is 10.3 Å². The monoisotopic (exact) mass is 197 g/mol. The summed E-state index contributed by atoms with van der Waals surface area (Å²) in [6.45, 7) is 0. The molecule has 3 nitrogen and oxygen atoms in total. The number of allylic oxidation sites excluding steroid dienone is 1. The number of halogens is 3. The lowest BCUT2D eigenvalue weighted by molar-refractivity contribution is -0.144. The van der Waals surface area contributed by atoms with E-state index in [4.69, 9.17) is 0 Å². The van der Waals surface area contributed by atoms with Crippen LogP contribution in [0, 0.1) is 0 Å². The molecule has 0 spiro atoms. The second kappa shape index (κ2) is 5.58. The molecule has 0 saturated carbocycles. The summed E-state index contributed by atoms with van der Waals surface area (Å²) in [5, 5.41) is 0. The van der Waals surface area contributed by atoms with E-state index in [0.29, 0.717) is 0 Å². The molecule has 0 radical (unpaired) electrons. The third-order valence-electron chi connectivity index (χ3n) is 1.05. The summed E-state index contributed by atoms with van der Waals surface area (Å²) < 4.78 is 34.7. The second-order valence-electron chi connectivity index (χ2n) is 2.18. The first-order valence-corrected chi connectivity index (χ1v) is 3.56. The maximum atomic E-state index is 11.6. The van der Waals surface area contributed by atoms with Crippen LogP contribution < -0.4 is 5.48 Å². The lowest BCUT2D eigenvalue weighted by Crippen LogP contribution is -2.12. The molecular formula is C7H10F3NO2. The van der Waals surface area contributed by atoms with Gasteiger partial charge in [0.25, 0.3) is 0 Å². The highest BCUT2D eigenvalue weighted by atomic mass is 19.4. The smallest absolute Gasteiger partial charge is 0.367 e. The molecule has 0 unspecified atom stereocenters. The largest absolute Gasteiger partial charge is 0.389 e. The van der Waals surface area contributed by atoms with Crippen LogP contribution >= 0.6 is 0 Å². The Bertz CT molecular complexity index is 189. The van der Waals surface area contributed by atoms with Gasteiger partial charge >= 0.3 is 12.1 Å². The zero-order valence-corrected chi connectivity index (χ0v) is 7.02. The standard InChI is InChI=1S/C7H10F3NO2/c1-11-13-6(12)4-2-3-5-7(8,9)10/h2,4,11H,3,5H2,1H3/b4-2+. The number of alkyl halides is 3. The highest BCUT2D eigenvalue weighted by Crippen LogP contribution is 2.21. The molecular weight excluding hydrogens is 187 g/mol. The molecule has 76 valence electrons. The Balaban J connectivity index is 3.58. The predicted octanol–water partition coefficient (Wildman–Crippen LogP) is 1.56. The van der Waals surface area contributed by atoms with Crippen LogP contribution in [-0.4, -0.2) is 19.2 Å². The summed E-state index contributed by atoms with van der Waals surface area (Å²) in [7, 11) is 1.38. The molecule has 6 heteroatoms. The highest BCUT2D eigenvalue weighted by molar-refractivity contribution is 5.81. The Kier molecular flexibility index (Phi) is 5.13. The van der Waals surface area contributed by atoms with Crippen LogP contribution in [0.1, 0.15) is 12.8 Å². The summed E-state index contributed by atoms with van der Waals surface area (Å²) in [5.41, 5.74) is 2.10. The molecule has 1 N–H and O–H groups in total. The fourth-order valence-corrected chi connectivity index (χ4v) is 0.561. The van der Waals surface area contributed by atoms with Gasteiger partial charge in [-0.15, -0.1) is 0 Å². The Morgan fingerprint density at radius 1 is 1.54 bits per heavy atom. The molecule has 0 aliphatic heterocycles. The van der Waals surface area contributed by atoms with E-state index >= 15 is 0 Å². The van der Waals surface area contributed by atoms with E-state index in [0.717, 1.165) is 12.2 Å². The van der Waals surface area contributed by atoms with Crippen molar-refractivity contribution in [1.82, 2.24) is 5.48 Å². The van der Waals surface area contributed by atoms with E-state index in [-0.39, 0.29) is 6.42 Å². The second-order valence-corrected chi connectivity index (χ2v) is 2.18. The van der Waals surface area contributed by atoms with Gasteiger partial charge in [0.1, 0.15) is 0 Å². The summed E-state index contributed by atoms with van der Waals surface area (Å²) in [4.78, 5) is 14.7. The molecule has 0 aromatic rings. The summed E-state index contributed by atoms with van der Waals surface area (Å²) in [5.74, 6) is -0.718. The van der Waals surface area contributed by atoms with Gasteiger partial charge < -0.3 is 4.84 Å². The number of nitrogens with one attached hydrogen (secondary N) is 1. The van der Waals surface area contributed by atoms with Crippen LogP contribution in [0.5, 0.6) is 0 Å². The van der Waals surface area contributed by atoms with Crippen LogP contribution in [0.15, 0.2) is 12.2 Å². The molecule has 0 amide bonds. The Morgan fingerprint density at radius 2 is 2.15 bits per heavy atom. The molecule has 0 rings (SSSR count). The molecule has 0 heterocycles. The first-order valence-electron chi connectivity index (χ1n) is 3.56. The van der Waals surface area contributed by atoms with Crippen molar-refractivity contribution in [2.75, 3.05) is 7.05 Å². The van der Waals surface area contributed by atoms with Crippen LogP contribution in [0.3, 0.4) is 0 Å². The lowest BCUT2D eigenvalue weighted by atomic mass is 10.3. The maximum Gasteiger partial charge on any atom is 0.389 e. The summed E-state index contributed by atoms with van der Waals surface area (Å²) in [6.07, 6.45) is -3.27. The fourth-order valence-electron chi connectivity index (χ4n) is 0.561. The van der Waals surface area contributed by atoms with Crippen LogP contribution in [0.25, 0.3) is 0 Å². The van der Waals surface area contributed by atoms with Crippen molar-refractivity contribution < 1.29 is 22.8 Å². The zero-order chi connectivity index (χ0) is 10.3. The predicted molar refractivity (Wildman–Crippen MR) is 39.6 cm³/mol. The molecule has 0 bridgehead atoms. The zero-order valence-electron chi connectivity index (χ0n) is 7.02. The van der Waals surface area contributed by atoms with E-state index in [1.54, 1.807) is 0 Å². The Morgan fingerprint density at radius 3 is 2.62 bits per heavy atom. The molecule has 0 aromatic heterocycles. The van der Waals surface area contributed by atoms with Gasteiger partial charge in [-0.05, 0) is 6.42 Å². The molecule has 13 heavy (non-hydrogen) atoms. The SMILES string of the molecule is CNOC(=O)/C=C/CCC(F)(F)F. The minimum absolute atomic E-state index is 0.220. The van der Waals surface area contributed by atoms with Gasteiger partial charge in [-0.1, -0.05) is 6.08 Å². The molecule has 0 fully saturated rings. The van der Waals surface area contributed by atoms with Crippen molar-refractivity contribution >= 4 is 5.97 Å². The van der Waals surface area contributed by atoms with Gasteiger partial charge in [-0.2, -0.15) is 18.7 Å². The normalized spacial score (nSPS) is 12.0. The maximum absolute atomic E-state index is 11.6. The van der Waals surface area contributed by atoms with Crippen LogP contribution in [0.2, 0.25) is 0 Å². The Hall–Kier alpha value is -1.04. The number of carbonyl (C=O) groups excluding carboxylic acids is 1. The van der Waals surface area contributed by atoms with E-state index in [9.17, 15) is 18.0 Å². The quantitative estimate of drug-likeness (QED) is 0.549. The first-order chi connectivity index (χ1) is 5.95. The van der Waals surface area contributed by atoms with Gasteiger partial charge in [0.05, 0.1) is 0 Å². The summed E-state index contributed by atoms with van der Waals surface area (Å²) in [6, 6.07) is 0. The van der Waals surface area contributed by atoms with Crippen LogP contribution in [0.4, 0.5) is 13.2 Å². The van der Waals surface area contributed by atoms with Crippen LogP contribution in [-0.2, 0) is 9.63 Å². The average molecular weight is 197 g/mol. The topological polar surface area (TPSA) is 38.3 Å². The van der Waals surface area contributed by atoms with Crippen molar-refractivity contribution in [2.45, 2.75) is 19.0 Å². The van der Waals surface area contributed by atoms with Crippen molar-refractivity contribution in [3.8, 4) is 0 Å². The first kappa shape index (κ1) is 12.0. The van der Waals surface area contributed by atoms with E-state index < -0.39 is 18.6 Å². The van der Waals surface area contributed by atoms with Gasteiger partial charge in [0, 0.05) is 19.5 Å². The third-order valence-corrected chi connectivity index (χ3v) is 1.05. The number of hydroxylamine groups is 1. The van der Waals surface area contributed by atoms with E-state index in [1.165, 1.54) is 7.05 Å². The number of hydrogen-bond donors (Lipinski definition) is 1. The third kappa shape index (κ3) is 8.87. The minimum atomic E-state index is -4.18. The van der Waals surface area contributed by atoms with Crippen molar-refractivity contribution in [2.24, 2.45) is 0 Å². The average Bonchev–Trinajstić information content (AvgIpc) is 1.97. The molecule has 0 saturated heterocycles. The highest BCUT2D eigenvalue weighted by Gasteiger charge is 2.25. The number of hydrogen-bond acceptors (Lipinski definition) is 3. The lowest BCUT2D eigenvalue weighted by Gasteiger charge is -2.01. The van der Waals surface area contributed by atoms with Crippen molar-refractivity contribution in [1.29, 1.82) is 0 Å². The van der Waals surface area contributed by atoms with Gasteiger partial charge in [-0.25, -0.2) is 4.79 Å². The van der Waals surface area contributed by atoms with Gasteiger partial charge in [0.15, 0.2) is 0 Å². The molecule has 0 atom stereocenters. The summed E-state index contributed by atoms with van der Waals surface area (Å²) >= 11 is 0. The van der Waals surface area contributed by atoms with E-state index in [1.807, 2.05) is 0 Å². The fraction of sp³-hybridized carbons (Fsp3) is 0.571. The van der Waals surface area contributed by atoms with Crippen molar-refractivity contribution in [3.05, 3.63) is 12.2 Å². The number of carbonyl (C=O) groups is 1.